The number of nitrogens with zero attached hydrogens (tertiary/aromatic N) is 2. The molecule has 15 heavy (non-hydrogen) atoms. The van der Waals surface area contributed by atoms with Gasteiger partial charge in [-0.3, -0.25) is 0 Å². The molecule has 1 heterocycles. The molecule has 0 aliphatic rings. The fourth-order valence-electron chi connectivity index (χ4n) is 1.10. The van der Waals surface area contributed by atoms with E-state index in [0.717, 1.165) is 0 Å². The average molecular weight is 212 g/mol. The van der Waals surface area contributed by atoms with Crippen LogP contribution in [0.15, 0.2) is 28.7 Å². The van der Waals surface area contributed by atoms with E-state index in [-0.39, 0.29) is 11.5 Å². The van der Waals surface area contributed by atoms with Crippen LogP contribution in [0.4, 0.5) is 8.78 Å². The molecule has 1 N–H and O–H groups in total. The second-order valence-corrected chi connectivity index (χ2v) is 2.81. The van der Waals surface area contributed by atoms with Crippen molar-refractivity contribution in [3.05, 3.63) is 29.8 Å². The van der Waals surface area contributed by atoms with E-state index < -0.39 is 12.5 Å². The zero-order valence-corrected chi connectivity index (χ0v) is 7.39. The molecule has 0 spiro atoms. The fourth-order valence-corrected chi connectivity index (χ4v) is 1.10. The van der Waals surface area contributed by atoms with Gasteiger partial charge < -0.3 is 9.52 Å². The van der Waals surface area contributed by atoms with E-state index in [1.807, 2.05) is 0 Å². The number of rotatable bonds is 2. The predicted octanol–water partition coefficient (Wildman–Crippen LogP) is 2.38. The van der Waals surface area contributed by atoms with Crippen LogP contribution in [0.2, 0.25) is 0 Å². The topological polar surface area (TPSA) is 59.2 Å². The molecule has 1 aromatic carbocycles. The van der Waals surface area contributed by atoms with Gasteiger partial charge in [-0.1, -0.05) is 17.2 Å². The van der Waals surface area contributed by atoms with Crippen molar-refractivity contribution >= 4 is 0 Å². The summed E-state index contributed by atoms with van der Waals surface area (Å²) in [5, 5.41) is 15.5. The summed E-state index contributed by atoms with van der Waals surface area (Å²) in [7, 11) is 0. The molecule has 1 aromatic heterocycles. The second-order valence-electron chi connectivity index (χ2n) is 2.81. The SMILES string of the molecule is Oc1nnc(-c2ccc(C(F)F)cc2)o1. The van der Waals surface area contributed by atoms with Crippen LogP contribution in [-0.4, -0.2) is 15.3 Å². The summed E-state index contributed by atoms with van der Waals surface area (Å²) in [6.07, 6.45) is -3.06. The molecule has 4 nitrogen and oxygen atoms in total. The Kier molecular flexibility index (Phi) is 2.32. The van der Waals surface area contributed by atoms with E-state index in [1.165, 1.54) is 24.3 Å². The maximum Gasteiger partial charge on any atom is 0.412 e. The standard InChI is InChI=1S/C9H6F2N2O2/c10-7(11)5-1-3-6(4-2-5)8-12-13-9(14)15-8/h1-4,7H,(H,13,14). The van der Waals surface area contributed by atoms with E-state index in [2.05, 4.69) is 10.2 Å². The predicted molar refractivity (Wildman–Crippen MR) is 46.4 cm³/mol. The van der Waals surface area contributed by atoms with E-state index in [0.29, 0.717) is 5.56 Å². The Bertz CT molecular complexity index is 453. The number of alkyl halides is 2. The third-order valence-electron chi connectivity index (χ3n) is 1.82. The molecule has 0 fully saturated rings. The number of hydrogen-bond acceptors (Lipinski definition) is 4. The molecule has 0 saturated carbocycles. The van der Waals surface area contributed by atoms with E-state index in [1.54, 1.807) is 0 Å². The van der Waals surface area contributed by atoms with E-state index in [4.69, 9.17) is 9.52 Å². The largest absolute Gasteiger partial charge is 0.465 e. The van der Waals surface area contributed by atoms with Crippen LogP contribution in [0, 0.1) is 0 Å². The molecule has 0 radical (unpaired) electrons. The number of benzene rings is 1. The van der Waals surface area contributed by atoms with Gasteiger partial charge in [0, 0.05) is 11.1 Å². The van der Waals surface area contributed by atoms with Gasteiger partial charge in [-0.05, 0) is 12.1 Å². The Labute approximate surface area is 83.2 Å². The molecule has 0 saturated heterocycles. The second kappa shape index (κ2) is 3.64. The lowest BCUT2D eigenvalue weighted by atomic mass is 10.1. The van der Waals surface area contributed by atoms with E-state index in [9.17, 15) is 8.78 Å². The molecule has 0 amide bonds. The Morgan fingerprint density at radius 1 is 1.13 bits per heavy atom. The summed E-state index contributed by atoms with van der Waals surface area (Å²) in [5.74, 6) is 0.0910. The van der Waals surface area contributed by atoms with Gasteiger partial charge >= 0.3 is 6.08 Å². The third-order valence-corrected chi connectivity index (χ3v) is 1.82. The van der Waals surface area contributed by atoms with Crippen molar-refractivity contribution in [1.29, 1.82) is 0 Å². The van der Waals surface area contributed by atoms with Crippen molar-refractivity contribution < 1.29 is 18.3 Å². The zero-order chi connectivity index (χ0) is 10.8. The summed E-state index contributed by atoms with van der Waals surface area (Å²) in [5.41, 5.74) is 0.398. The molecule has 0 bridgehead atoms. The van der Waals surface area contributed by atoms with Crippen LogP contribution >= 0.6 is 0 Å². The molecule has 0 atom stereocenters. The van der Waals surface area contributed by atoms with Gasteiger partial charge in [0.1, 0.15) is 0 Å². The zero-order valence-electron chi connectivity index (χ0n) is 7.39. The quantitative estimate of drug-likeness (QED) is 0.830. The number of aromatic nitrogens is 2. The molecule has 78 valence electrons. The highest BCUT2D eigenvalue weighted by Gasteiger charge is 2.10. The first-order valence-electron chi connectivity index (χ1n) is 4.08. The fraction of sp³-hybridized carbons (Fsp3) is 0.111. The monoisotopic (exact) mass is 212 g/mol. The molecule has 2 rings (SSSR count). The first-order chi connectivity index (χ1) is 7.16. The first kappa shape index (κ1) is 9.57. The summed E-state index contributed by atoms with van der Waals surface area (Å²) < 4.78 is 29.1. The summed E-state index contributed by atoms with van der Waals surface area (Å²) in [6, 6.07) is 5.38. The van der Waals surface area contributed by atoms with Crippen LogP contribution in [0.3, 0.4) is 0 Å². The molecular formula is C9H6F2N2O2. The number of aromatic hydroxyl groups is 1. The highest BCUT2D eigenvalue weighted by molar-refractivity contribution is 5.53. The van der Waals surface area contributed by atoms with Crippen molar-refractivity contribution in [1.82, 2.24) is 10.2 Å². The van der Waals surface area contributed by atoms with Crippen molar-refractivity contribution in [2.24, 2.45) is 0 Å². The van der Waals surface area contributed by atoms with Crippen molar-refractivity contribution in [3.8, 4) is 17.5 Å². The van der Waals surface area contributed by atoms with Gasteiger partial charge in [0.15, 0.2) is 0 Å². The van der Waals surface area contributed by atoms with Crippen molar-refractivity contribution in [2.75, 3.05) is 0 Å². The van der Waals surface area contributed by atoms with Crippen LogP contribution in [0.25, 0.3) is 11.5 Å². The van der Waals surface area contributed by atoms with Crippen molar-refractivity contribution in [2.45, 2.75) is 6.43 Å². The van der Waals surface area contributed by atoms with Gasteiger partial charge in [-0.2, -0.15) is 0 Å². The molecule has 6 heteroatoms. The molecule has 0 aliphatic heterocycles. The Morgan fingerprint density at radius 3 is 2.27 bits per heavy atom. The van der Waals surface area contributed by atoms with Crippen LogP contribution in [0.1, 0.15) is 12.0 Å². The Morgan fingerprint density at radius 2 is 1.80 bits per heavy atom. The van der Waals surface area contributed by atoms with Gasteiger partial charge in [-0.25, -0.2) is 8.78 Å². The highest BCUT2D eigenvalue weighted by atomic mass is 19.3. The smallest absolute Gasteiger partial charge is 0.412 e. The minimum absolute atomic E-state index is 0.0810. The van der Waals surface area contributed by atoms with Gasteiger partial charge in [0.05, 0.1) is 0 Å². The minimum atomic E-state index is -2.50. The summed E-state index contributed by atoms with van der Waals surface area (Å²) in [6.45, 7) is 0. The number of hydrogen-bond donors (Lipinski definition) is 1. The maximum atomic E-state index is 12.2. The van der Waals surface area contributed by atoms with Gasteiger partial charge in [0.25, 0.3) is 12.3 Å². The van der Waals surface area contributed by atoms with Gasteiger partial charge in [-0.15, -0.1) is 5.10 Å². The van der Waals surface area contributed by atoms with Crippen LogP contribution < -0.4 is 0 Å². The molecule has 2 aromatic rings. The molecular weight excluding hydrogens is 206 g/mol. The van der Waals surface area contributed by atoms with Crippen LogP contribution in [0.5, 0.6) is 6.08 Å². The van der Waals surface area contributed by atoms with E-state index >= 15 is 0 Å². The Hall–Kier alpha value is -1.98. The number of halogens is 2. The lowest BCUT2D eigenvalue weighted by molar-refractivity contribution is 0.151. The lowest BCUT2D eigenvalue weighted by Crippen LogP contribution is -1.84. The normalized spacial score (nSPS) is 10.9. The molecule has 0 unspecified atom stereocenters. The highest BCUT2D eigenvalue weighted by Crippen LogP contribution is 2.24. The van der Waals surface area contributed by atoms with Crippen LogP contribution in [-0.2, 0) is 0 Å². The summed E-state index contributed by atoms with van der Waals surface area (Å²) >= 11 is 0. The van der Waals surface area contributed by atoms with Crippen molar-refractivity contribution in [3.63, 3.8) is 0 Å². The lowest BCUT2D eigenvalue weighted by Gasteiger charge is -1.99. The minimum Gasteiger partial charge on any atom is -0.465 e. The first-order valence-corrected chi connectivity index (χ1v) is 4.08. The molecule has 0 aliphatic carbocycles. The summed E-state index contributed by atoms with van der Waals surface area (Å²) in [4.78, 5) is 0. The third kappa shape index (κ3) is 1.93. The maximum absolute atomic E-state index is 12.2. The average Bonchev–Trinajstić information content (AvgIpc) is 2.65. The Balaban J connectivity index is 2.31. The van der Waals surface area contributed by atoms with Gasteiger partial charge in [0.2, 0.25) is 0 Å².